The zero-order valence-corrected chi connectivity index (χ0v) is 12.0. The van der Waals surface area contributed by atoms with Gasteiger partial charge in [-0.2, -0.15) is 11.8 Å². The summed E-state index contributed by atoms with van der Waals surface area (Å²) in [5, 5.41) is 12.2. The lowest BCUT2D eigenvalue weighted by Gasteiger charge is -2.39. The number of carbonyl (C=O) groups is 2. The van der Waals surface area contributed by atoms with Gasteiger partial charge in [0.15, 0.2) is 0 Å². The van der Waals surface area contributed by atoms with Gasteiger partial charge in [0.25, 0.3) is 0 Å². The van der Waals surface area contributed by atoms with Crippen LogP contribution in [0.2, 0.25) is 0 Å². The third kappa shape index (κ3) is 4.19. The first-order chi connectivity index (χ1) is 8.49. The van der Waals surface area contributed by atoms with E-state index in [1.54, 1.807) is 11.8 Å². The maximum Gasteiger partial charge on any atom is 0.308 e. The van der Waals surface area contributed by atoms with Crippen LogP contribution in [-0.4, -0.2) is 34.5 Å². The maximum absolute atomic E-state index is 11.8. The van der Waals surface area contributed by atoms with Gasteiger partial charge in [0.1, 0.15) is 0 Å². The Morgan fingerprint density at radius 2 is 2.17 bits per heavy atom. The summed E-state index contributed by atoms with van der Waals surface area (Å²) in [4.78, 5) is 23.1. The van der Waals surface area contributed by atoms with E-state index in [-0.39, 0.29) is 5.91 Å². The van der Waals surface area contributed by atoms with Crippen molar-refractivity contribution in [2.75, 3.05) is 12.0 Å². The number of hydrogen-bond donors (Lipinski definition) is 2. The topological polar surface area (TPSA) is 66.4 Å². The smallest absolute Gasteiger partial charge is 0.308 e. The minimum Gasteiger partial charge on any atom is -0.481 e. The van der Waals surface area contributed by atoms with Crippen LogP contribution in [0.25, 0.3) is 0 Å². The second-order valence-electron chi connectivity index (χ2n) is 5.20. The van der Waals surface area contributed by atoms with Crippen molar-refractivity contribution < 1.29 is 14.7 Å². The number of thioether (sulfide) groups is 1. The minimum atomic E-state index is -0.790. The average Bonchev–Trinajstić information content (AvgIpc) is 2.28. The number of carboxylic acid groups (broad SMARTS) is 1. The number of rotatable bonds is 6. The zero-order chi connectivity index (χ0) is 13.6. The number of amides is 1. The second kappa shape index (κ2) is 7.02. The summed E-state index contributed by atoms with van der Waals surface area (Å²) in [6.45, 7) is 1.87. The molecule has 1 rings (SSSR count). The molecule has 0 bridgehead atoms. The summed E-state index contributed by atoms with van der Waals surface area (Å²) >= 11 is 1.72. The Morgan fingerprint density at radius 1 is 1.44 bits per heavy atom. The van der Waals surface area contributed by atoms with Gasteiger partial charge < -0.3 is 10.4 Å². The van der Waals surface area contributed by atoms with Crippen LogP contribution in [0.5, 0.6) is 0 Å². The molecular formula is C13H23NO3S. The monoisotopic (exact) mass is 273 g/mol. The van der Waals surface area contributed by atoms with E-state index in [4.69, 9.17) is 0 Å². The fourth-order valence-electron chi connectivity index (χ4n) is 2.64. The molecule has 0 radical (unpaired) electrons. The molecule has 0 aromatic rings. The van der Waals surface area contributed by atoms with Gasteiger partial charge in [-0.15, -0.1) is 0 Å². The molecular weight excluding hydrogens is 250 g/mol. The van der Waals surface area contributed by atoms with E-state index in [1.807, 2.05) is 13.2 Å². The number of carbonyl (C=O) groups excluding carboxylic acids is 1. The molecule has 104 valence electrons. The molecule has 0 saturated heterocycles. The number of hydrogen-bond acceptors (Lipinski definition) is 3. The first kappa shape index (κ1) is 15.3. The molecule has 18 heavy (non-hydrogen) atoms. The molecule has 0 aromatic heterocycles. The lowest BCUT2D eigenvalue weighted by molar-refractivity contribution is -0.146. The summed E-state index contributed by atoms with van der Waals surface area (Å²) in [6.07, 6.45) is 6.71. The molecule has 0 aromatic carbocycles. The fraction of sp³-hybridized carbons (Fsp3) is 0.846. The molecule has 1 saturated carbocycles. The van der Waals surface area contributed by atoms with Crippen molar-refractivity contribution in [3.05, 3.63) is 0 Å². The molecule has 2 atom stereocenters. The Balaban J connectivity index is 2.54. The van der Waals surface area contributed by atoms with E-state index in [0.29, 0.717) is 12.8 Å². The van der Waals surface area contributed by atoms with E-state index in [0.717, 1.165) is 31.4 Å². The van der Waals surface area contributed by atoms with Gasteiger partial charge in [-0.25, -0.2) is 0 Å². The Hall–Kier alpha value is -0.710. The van der Waals surface area contributed by atoms with Crippen molar-refractivity contribution in [1.29, 1.82) is 0 Å². The molecule has 1 aliphatic rings. The van der Waals surface area contributed by atoms with Crippen LogP contribution in [0.3, 0.4) is 0 Å². The fourth-order valence-corrected chi connectivity index (χ4v) is 3.07. The van der Waals surface area contributed by atoms with E-state index in [9.17, 15) is 14.7 Å². The third-order valence-corrected chi connectivity index (χ3v) is 4.38. The first-order valence-corrected chi connectivity index (χ1v) is 7.92. The first-order valence-electron chi connectivity index (χ1n) is 6.52. The third-order valence-electron chi connectivity index (χ3n) is 3.68. The Bertz CT molecular complexity index is 309. The summed E-state index contributed by atoms with van der Waals surface area (Å²) in [5.74, 6) is -0.288. The van der Waals surface area contributed by atoms with Gasteiger partial charge in [0, 0.05) is 6.42 Å². The Labute approximate surface area is 113 Å². The van der Waals surface area contributed by atoms with Crippen LogP contribution >= 0.6 is 11.8 Å². The molecule has 0 spiro atoms. The highest BCUT2D eigenvalue weighted by Gasteiger charge is 2.41. The SMILES string of the molecule is CSCCCC(=O)NC1(C)CCCCC1C(=O)O. The predicted molar refractivity (Wildman–Crippen MR) is 73.8 cm³/mol. The van der Waals surface area contributed by atoms with Crippen LogP contribution in [-0.2, 0) is 9.59 Å². The lowest BCUT2D eigenvalue weighted by atomic mass is 9.74. The van der Waals surface area contributed by atoms with Crippen LogP contribution < -0.4 is 5.32 Å². The molecule has 1 aliphatic carbocycles. The summed E-state index contributed by atoms with van der Waals surface area (Å²) in [5.41, 5.74) is -0.569. The van der Waals surface area contributed by atoms with Crippen molar-refractivity contribution in [3.63, 3.8) is 0 Å². The maximum atomic E-state index is 11.8. The van der Waals surface area contributed by atoms with E-state index >= 15 is 0 Å². The van der Waals surface area contributed by atoms with Crippen LogP contribution in [0.1, 0.15) is 45.4 Å². The summed E-state index contributed by atoms with van der Waals surface area (Å²) in [7, 11) is 0. The van der Waals surface area contributed by atoms with Crippen molar-refractivity contribution in [2.24, 2.45) is 5.92 Å². The van der Waals surface area contributed by atoms with E-state index in [2.05, 4.69) is 5.32 Å². The molecule has 0 heterocycles. The predicted octanol–water partition coefficient (Wildman–Crippen LogP) is 2.28. The minimum absolute atomic E-state index is 0.0142. The van der Waals surface area contributed by atoms with Gasteiger partial charge >= 0.3 is 5.97 Å². The lowest BCUT2D eigenvalue weighted by Crippen LogP contribution is -2.55. The molecule has 5 heteroatoms. The van der Waals surface area contributed by atoms with E-state index < -0.39 is 17.4 Å². The molecule has 2 N–H and O–H groups in total. The number of nitrogens with one attached hydrogen (secondary N) is 1. The zero-order valence-electron chi connectivity index (χ0n) is 11.2. The van der Waals surface area contributed by atoms with Gasteiger partial charge in [0.2, 0.25) is 5.91 Å². The van der Waals surface area contributed by atoms with Gasteiger partial charge in [-0.05, 0) is 38.2 Å². The largest absolute Gasteiger partial charge is 0.481 e. The highest BCUT2D eigenvalue weighted by molar-refractivity contribution is 7.98. The molecule has 1 amide bonds. The highest BCUT2D eigenvalue weighted by Crippen LogP contribution is 2.33. The van der Waals surface area contributed by atoms with Crippen molar-refractivity contribution in [2.45, 2.75) is 51.0 Å². The van der Waals surface area contributed by atoms with E-state index in [1.165, 1.54) is 0 Å². The number of aliphatic carboxylic acids is 1. The molecule has 2 unspecified atom stereocenters. The summed E-state index contributed by atoms with van der Waals surface area (Å²) in [6, 6.07) is 0. The Kier molecular flexibility index (Phi) is 5.99. The molecule has 4 nitrogen and oxygen atoms in total. The summed E-state index contributed by atoms with van der Waals surface area (Å²) < 4.78 is 0. The second-order valence-corrected chi connectivity index (χ2v) is 6.18. The van der Waals surface area contributed by atoms with Gasteiger partial charge in [-0.1, -0.05) is 12.8 Å². The van der Waals surface area contributed by atoms with Crippen molar-refractivity contribution in [1.82, 2.24) is 5.32 Å². The molecule has 1 fully saturated rings. The van der Waals surface area contributed by atoms with Crippen molar-refractivity contribution in [3.8, 4) is 0 Å². The highest BCUT2D eigenvalue weighted by atomic mass is 32.2. The van der Waals surface area contributed by atoms with Crippen molar-refractivity contribution >= 4 is 23.6 Å². The quantitative estimate of drug-likeness (QED) is 0.729. The van der Waals surface area contributed by atoms with Crippen LogP contribution in [0.15, 0.2) is 0 Å². The standard InChI is InChI=1S/C13H23NO3S/c1-13(14-11(15)7-5-9-18-2)8-4-3-6-10(13)12(16)17/h10H,3-9H2,1-2H3,(H,14,15)(H,16,17). The van der Waals surface area contributed by atoms with Gasteiger partial charge in [0.05, 0.1) is 11.5 Å². The number of carboxylic acids is 1. The van der Waals surface area contributed by atoms with Crippen LogP contribution in [0.4, 0.5) is 0 Å². The Morgan fingerprint density at radius 3 is 2.78 bits per heavy atom. The normalized spacial score (nSPS) is 27.8. The molecule has 0 aliphatic heterocycles. The van der Waals surface area contributed by atoms with Gasteiger partial charge in [-0.3, -0.25) is 9.59 Å². The average molecular weight is 273 g/mol. The van der Waals surface area contributed by atoms with Crippen LogP contribution in [0, 0.1) is 5.92 Å².